The Kier molecular flexibility index (Phi) is 3.58. The van der Waals surface area contributed by atoms with Crippen molar-refractivity contribution >= 4 is 23.5 Å². The largest absolute Gasteiger partial charge is 0.266 e. The van der Waals surface area contributed by atoms with Crippen LogP contribution in [0.2, 0.25) is 0 Å². The van der Waals surface area contributed by atoms with E-state index in [9.17, 15) is 0 Å². The predicted octanol–water partition coefficient (Wildman–Crippen LogP) is 4.89. The van der Waals surface area contributed by atoms with Crippen molar-refractivity contribution in [3.63, 3.8) is 0 Å². The molecule has 0 fully saturated rings. The Morgan fingerprint density at radius 1 is 0.750 bits per heavy atom. The first-order valence-corrected chi connectivity index (χ1v) is 9.69. The number of pyridine rings is 2. The number of hydrogen-bond donors (Lipinski definition) is 0. The van der Waals surface area contributed by atoms with Crippen molar-refractivity contribution in [2.45, 2.75) is 27.3 Å². The molecule has 3 nitrogen and oxygen atoms in total. The average molecular weight is 349 g/mol. The van der Waals surface area contributed by atoms with Gasteiger partial charge in [-0.05, 0) is 17.7 Å². The van der Waals surface area contributed by atoms with Gasteiger partial charge < -0.3 is 0 Å². The Morgan fingerprint density at radius 2 is 1.33 bits per heavy atom. The van der Waals surface area contributed by atoms with Gasteiger partial charge in [0, 0.05) is 30.1 Å². The number of aromatic nitrogens is 2. The molecule has 1 aromatic carbocycles. The first-order valence-electron chi connectivity index (χ1n) is 7.93. The smallest absolute Gasteiger partial charge is 0.103 e. The van der Waals surface area contributed by atoms with Crippen LogP contribution in [0.5, 0.6) is 0 Å². The van der Waals surface area contributed by atoms with Gasteiger partial charge in [0.25, 0.3) is 0 Å². The molecule has 3 aromatic rings. The summed E-state index contributed by atoms with van der Waals surface area (Å²) < 4.78 is 0. The van der Waals surface area contributed by atoms with E-state index in [0.717, 1.165) is 16.6 Å². The summed E-state index contributed by atoms with van der Waals surface area (Å²) in [5.74, 6) is 0. The summed E-state index contributed by atoms with van der Waals surface area (Å²) in [7, 11) is 0. The maximum Gasteiger partial charge on any atom is 0.103 e. The Labute approximate surface area is 149 Å². The molecular formula is C19H15N3S2. The molecule has 0 amide bonds. The van der Waals surface area contributed by atoms with Crippen molar-refractivity contribution in [2.75, 3.05) is 0 Å². The van der Waals surface area contributed by atoms with Crippen LogP contribution in [0, 0.1) is 0 Å². The van der Waals surface area contributed by atoms with Gasteiger partial charge in [-0.25, -0.2) is 9.97 Å². The fourth-order valence-corrected chi connectivity index (χ4v) is 6.12. The summed E-state index contributed by atoms with van der Waals surface area (Å²) in [5, 5.41) is 2.84. The van der Waals surface area contributed by atoms with E-state index in [1.54, 1.807) is 0 Å². The molecule has 24 heavy (non-hydrogen) atoms. The SMILES string of the molecule is c1ccc(CN2C3Sc4ncccc4C2Sc2ncccc23)cc1. The molecule has 2 unspecified atom stereocenters. The molecule has 0 spiro atoms. The normalized spacial score (nSPS) is 21.8. The Morgan fingerprint density at radius 3 is 1.92 bits per heavy atom. The molecule has 2 aliphatic rings. The molecule has 5 rings (SSSR count). The van der Waals surface area contributed by atoms with E-state index in [1.807, 2.05) is 48.1 Å². The van der Waals surface area contributed by atoms with E-state index in [4.69, 9.17) is 0 Å². The summed E-state index contributed by atoms with van der Waals surface area (Å²) in [4.78, 5) is 11.8. The Bertz CT molecular complexity index is 831. The minimum atomic E-state index is 0.266. The topological polar surface area (TPSA) is 29.0 Å². The van der Waals surface area contributed by atoms with Gasteiger partial charge >= 0.3 is 0 Å². The summed E-state index contributed by atoms with van der Waals surface area (Å²) in [6, 6.07) is 19.2. The Balaban J connectivity index is 1.62. The zero-order valence-electron chi connectivity index (χ0n) is 12.9. The molecule has 0 saturated carbocycles. The molecule has 118 valence electrons. The van der Waals surface area contributed by atoms with Crippen molar-refractivity contribution < 1.29 is 0 Å². The molecule has 0 aliphatic carbocycles. The van der Waals surface area contributed by atoms with Gasteiger partial charge in [-0.2, -0.15) is 0 Å². The van der Waals surface area contributed by atoms with Crippen molar-refractivity contribution in [1.29, 1.82) is 0 Å². The van der Waals surface area contributed by atoms with Crippen LogP contribution >= 0.6 is 23.5 Å². The molecule has 2 aliphatic heterocycles. The van der Waals surface area contributed by atoms with E-state index >= 15 is 0 Å². The standard InChI is InChI=1S/C19H15N3S2/c1-2-6-13(7-3-1)12-22-18-14-8-4-10-20-16(14)23-19(22)15-9-5-11-21-17(15)24-18/h1-11,18-19H,12H2. The molecule has 2 bridgehead atoms. The fraction of sp³-hybridized carbons (Fsp3) is 0.158. The zero-order chi connectivity index (χ0) is 15.9. The highest BCUT2D eigenvalue weighted by atomic mass is 32.2. The van der Waals surface area contributed by atoms with Crippen LogP contribution in [-0.2, 0) is 6.54 Å². The lowest BCUT2D eigenvalue weighted by atomic mass is 10.1. The minimum Gasteiger partial charge on any atom is -0.266 e. The summed E-state index contributed by atoms with van der Waals surface area (Å²) >= 11 is 3.69. The first-order chi connectivity index (χ1) is 11.9. The van der Waals surface area contributed by atoms with Crippen molar-refractivity contribution in [1.82, 2.24) is 14.9 Å². The molecule has 0 N–H and O–H groups in total. The molecule has 2 aromatic heterocycles. The molecular weight excluding hydrogens is 334 g/mol. The van der Waals surface area contributed by atoms with Crippen LogP contribution in [0.15, 0.2) is 77.0 Å². The lowest BCUT2D eigenvalue weighted by Crippen LogP contribution is -2.36. The number of fused-ring (bicyclic) bond motifs is 6. The van der Waals surface area contributed by atoms with Crippen LogP contribution in [0.3, 0.4) is 0 Å². The van der Waals surface area contributed by atoms with Gasteiger partial charge in [0.15, 0.2) is 0 Å². The first kappa shape index (κ1) is 14.5. The third kappa shape index (κ3) is 2.35. The van der Waals surface area contributed by atoms with Gasteiger partial charge in [-0.1, -0.05) is 66.0 Å². The number of hydrogen-bond acceptors (Lipinski definition) is 5. The van der Waals surface area contributed by atoms with Gasteiger partial charge in [0.1, 0.15) is 10.1 Å². The Hall–Kier alpha value is -1.82. The van der Waals surface area contributed by atoms with E-state index < -0.39 is 0 Å². The molecule has 5 heteroatoms. The number of nitrogens with zero attached hydrogens (tertiary/aromatic N) is 3. The van der Waals surface area contributed by atoms with Gasteiger partial charge in [0.2, 0.25) is 0 Å². The van der Waals surface area contributed by atoms with Gasteiger partial charge in [-0.3, -0.25) is 4.90 Å². The van der Waals surface area contributed by atoms with Crippen LogP contribution in [0.1, 0.15) is 27.4 Å². The highest BCUT2D eigenvalue weighted by molar-refractivity contribution is 8.01. The van der Waals surface area contributed by atoms with E-state index in [2.05, 4.69) is 57.3 Å². The second kappa shape index (κ2) is 5.92. The monoisotopic (exact) mass is 349 g/mol. The molecule has 0 saturated heterocycles. The lowest BCUT2D eigenvalue weighted by Gasteiger charge is -2.45. The minimum absolute atomic E-state index is 0.266. The van der Waals surface area contributed by atoms with E-state index in [0.29, 0.717) is 0 Å². The predicted molar refractivity (Wildman–Crippen MR) is 97.7 cm³/mol. The third-order valence-corrected chi connectivity index (χ3v) is 7.01. The quantitative estimate of drug-likeness (QED) is 0.657. The highest BCUT2D eigenvalue weighted by Crippen LogP contribution is 2.59. The van der Waals surface area contributed by atoms with Crippen LogP contribution in [0.25, 0.3) is 0 Å². The second-order valence-electron chi connectivity index (χ2n) is 5.89. The van der Waals surface area contributed by atoms with Crippen LogP contribution < -0.4 is 0 Å². The van der Waals surface area contributed by atoms with Crippen molar-refractivity contribution in [2.24, 2.45) is 0 Å². The van der Waals surface area contributed by atoms with Crippen LogP contribution in [0.4, 0.5) is 0 Å². The molecule has 0 radical (unpaired) electrons. The maximum absolute atomic E-state index is 4.62. The maximum atomic E-state index is 4.62. The molecule has 2 atom stereocenters. The van der Waals surface area contributed by atoms with Crippen molar-refractivity contribution in [3.8, 4) is 0 Å². The molecule has 4 heterocycles. The zero-order valence-corrected chi connectivity index (χ0v) is 14.5. The number of benzene rings is 1. The van der Waals surface area contributed by atoms with E-state index in [1.165, 1.54) is 16.7 Å². The average Bonchev–Trinajstić information content (AvgIpc) is 2.63. The summed E-state index contributed by atoms with van der Waals surface area (Å²) in [6.45, 7) is 0.929. The fourth-order valence-electron chi connectivity index (χ4n) is 3.29. The lowest BCUT2D eigenvalue weighted by molar-refractivity contribution is 0.215. The van der Waals surface area contributed by atoms with Gasteiger partial charge in [-0.15, -0.1) is 0 Å². The number of thioether (sulfide) groups is 2. The van der Waals surface area contributed by atoms with Crippen LogP contribution in [-0.4, -0.2) is 14.9 Å². The number of rotatable bonds is 2. The second-order valence-corrected chi connectivity index (χ2v) is 8.03. The highest BCUT2D eigenvalue weighted by Gasteiger charge is 2.42. The van der Waals surface area contributed by atoms with E-state index in [-0.39, 0.29) is 10.7 Å². The van der Waals surface area contributed by atoms with Gasteiger partial charge in [0.05, 0.1) is 10.7 Å². The van der Waals surface area contributed by atoms with Crippen molar-refractivity contribution in [3.05, 3.63) is 83.7 Å². The summed E-state index contributed by atoms with van der Waals surface area (Å²) in [6.07, 6.45) is 3.78. The third-order valence-electron chi connectivity index (χ3n) is 4.39. The summed E-state index contributed by atoms with van der Waals surface area (Å²) in [5.41, 5.74) is 3.94.